The van der Waals surface area contributed by atoms with E-state index in [4.69, 9.17) is 18.9 Å². The Morgan fingerprint density at radius 1 is 1.29 bits per heavy atom. The molecular formula is C16H20O5. The molecule has 0 aromatic heterocycles. The molecule has 1 unspecified atom stereocenters. The smallest absolute Gasteiger partial charge is 0.184 e. The number of aliphatic hydroxyl groups excluding tert-OH is 1. The molecule has 5 atom stereocenters. The van der Waals surface area contributed by atoms with Gasteiger partial charge in [-0.15, -0.1) is 6.58 Å². The van der Waals surface area contributed by atoms with Gasteiger partial charge >= 0.3 is 0 Å². The van der Waals surface area contributed by atoms with Crippen LogP contribution in [0.3, 0.4) is 0 Å². The summed E-state index contributed by atoms with van der Waals surface area (Å²) in [6.45, 7) is 4.10. The number of hydrogen-bond donors (Lipinski definition) is 1. The van der Waals surface area contributed by atoms with Crippen molar-refractivity contribution in [2.45, 2.75) is 37.1 Å². The first kappa shape index (κ1) is 14.5. The molecule has 1 aromatic carbocycles. The molecule has 3 rings (SSSR count). The van der Waals surface area contributed by atoms with Crippen LogP contribution >= 0.6 is 0 Å². The van der Waals surface area contributed by atoms with Crippen molar-refractivity contribution in [3.63, 3.8) is 0 Å². The van der Waals surface area contributed by atoms with Gasteiger partial charge in [0.15, 0.2) is 6.29 Å². The molecule has 0 spiro atoms. The third kappa shape index (κ3) is 2.96. The Morgan fingerprint density at radius 3 is 2.71 bits per heavy atom. The van der Waals surface area contributed by atoms with Crippen molar-refractivity contribution < 1.29 is 24.1 Å². The van der Waals surface area contributed by atoms with Crippen molar-refractivity contribution in [1.29, 1.82) is 0 Å². The Bertz CT molecular complexity index is 486. The fourth-order valence-electron chi connectivity index (χ4n) is 2.74. The van der Waals surface area contributed by atoms with Gasteiger partial charge in [-0.25, -0.2) is 0 Å². The van der Waals surface area contributed by atoms with Crippen LogP contribution in [0.5, 0.6) is 5.75 Å². The van der Waals surface area contributed by atoms with Crippen molar-refractivity contribution in [1.82, 2.24) is 0 Å². The summed E-state index contributed by atoms with van der Waals surface area (Å²) in [5.41, 5.74) is 0.896. The second-order valence-corrected chi connectivity index (χ2v) is 5.29. The first-order valence-electron chi connectivity index (χ1n) is 7.08. The Hall–Kier alpha value is -1.40. The normalized spacial score (nSPS) is 35.8. The molecule has 2 saturated heterocycles. The lowest BCUT2D eigenvalue weighted by atomic mass is 9.97. The summed E-state index contributed by atoms with van der Waals surface area (Å²) in [7, 11) is 1.62. The minimum atomic E-state index is -0.573. The number of rotatable bonds is 3. The maximum Gasteiger partial charge on any atom is 0.184 e. The van der Waals surface area contributed by atoms with Crippen LogP contribution in [-0.4, -0.2) is 43.2 Å². The van der Waals surface area contributed by atoms with E-state index < -0.39 is 12.4 Å². The molecule has 5 nitrogen and oxygen atoms in total. The average molecular weight is 292 g/mol. The lowest BCUT2D eigenvalue weighted by Crippen LogP contribution is -2.54. The quantitative estimate of drug-likeness (QED) is 0.861. The Balaban J connectivity index is 1.70. The Labute approximate surface area is 124 Å². The van der Waals surface area contributed by atoms with E-state index in [0.717, 1.165) is 11.3 Å². The molecule has 5 heteroatoms. The highest BCUT2D eigenvalue weighted by atomic mass is 16.7. The predicted molar refractivity (Wildman–Crippen MR) is 76.0 cm³/mol. The monoisotopic (exact) mass is 292 g/mol. The molecule has 0 amide bonds. The van der Waals surface area contributed by atoms with Gasteiger partial charge in [0, 0.05) is 12.0 Å². The topological polar surface area (TPSA) is 57.2 Å². The van der Waals surface area contributed by atoms with Crippen LogP contribution in [-0.2, 0) is 14.2 Å². The zero-order chi connectivity index (χ0) is 14.8. The summed E-state index contributed by atoms with van der Waals surface area (Å²) in [5.74, 6) is 0.780. The van der Waals surface area contributed by atoms with Gasteiger partial charge < -0.3 is 24.1 Å². The molecule has 21 heavy (non-hydrogen) atoms. The molecule has 1 aromatic rings. The molecular weight excluding hydrogens is 272 g/mol. The molecule has 0 radical (unpaired) electrons. The highest BCUT2D eigenvalue weighted by Crippen LogP contribution is 2.34. The van der Waals surface area contributed by atoms with Crippen LogP contribution in [0.4, 0.5) is 0 Å². The molecule has 0 saturated carbocycles. The number of fused-ring (bicyclic) bond motifs is 1. The van der Waals surface area contributed by atoms with Crippen LogP contribution in [0.2, 0.25) is 0 Å². The van der Waals surface area contributed by atoms with Gasteiger partial charge in [0.05, 0.1) is 25.9 Å². The first-order chi connectivity index (χ1) is 10.2. The summed E-state index contributed by atoms with van der Waals surface area (Å²) in [5, 5.41) is 10.2. The van der Waals surface area contributed by atoms with Gasteiger partial charge in [-0.1, -0.05) is 18.2 Å². The molecule has 114 valence electrons. The van der Waals surface area contributed by atoms with Crippen molar-refractivity contribution in [2.75, 3.05) is 13.7 Å². The average Bonchev–Trinajstić information content (AvgIpc) is 2.54. The molecule has 2 heterocycles. The van der Waals surface area contributed by atoms with E-state index >= 15 is 0 Å². The number of benzene rings is 1. The molecule has 2 aliphatic heterocycles. The molecule has 2 aliphatic rings. The third-order valence-corrected chi connectivity index (χ3v) is 3.91. The van der Waals surface area contributed by atoms with E-state index in [-0.39, 0.29) is 18.3 Å². The van der Waals surface area contributed by atoms with E-state index in [2.05, 4.69) is 6.58 Å². The van der Waals surface area contributed by atoms with Gasteiger partial charge in [0.2, 0.25) is 0 Å². The fraction of sp³-hybridized carbons (Fsp3) is 0.500. The van der Waals surface area contributed by atoms with Crippen molar-refractivity contribution in [2.24, 2.45) is 0 Å². The highest BCUT2D eigenvalue weighted by Gasteiger charge is 2.43. The molecule has 0 aliphatic carbocycles. The van der Waals surface area contributed by atoms with Crippen LogP contribution in [0, 0.1) is 0 Å². The van der Waals surface area contributed by atoms with E-state index in [1.165, 1.54) is 0 Å². The lowest BCUT2D eigenvalue weighted by molar-refractivity contribution is -0.305. The SMILES string of the molecule is C=C[C@@H]1C[C@H](O)[C@@H]2OC(c3ccc(OC)cc3)OC[C@H]2O1. The van der Waals surface area contributed by atoms with Gasteiger partial charge in [0.25, 0.3) is 0 Å². The van der Waals surface area contributed by atoms with E-state index in [0.29, 0.717) is 13.0 Å². The van der Waals surface area contributed by atoms with Gasteiger partial charge in [-0.2, -0.15) is 0 Å². The third-order valence-electron chi connectivity index (χ3n) is 3.91. The van der Waals surface area contributed by atoms with Crippen molar-refractivity contribution in [3.05, 3.63) is 42.5 Å². The second kappa shape index (κ2) is 6.15. The number of methoxy groups -OCH3 is 1. The fourth-order valence-corrected chi connectivity index (χ4v) is 2.74. The van der Waals surface area contributed by atoms with Gasteiger partial charge in [0.1, 0.15) is 18.0 Å². The second-order valence-electron chi connectivity index (χ2n) is 5.29. The molecule has 2 fully saturated rings. The standard InChI is InChI=1S/C16H20O5/c1-3-11-8-13(17)15-14(20-11)9-19-16(21-15)10-4-6-12(18-2)7-5-10/h3-7,11,13-17H,1,8-9H2,2H3/t11-,13+,14-,15+,16?/m1/s1. The zero-order valence-electron chi connectivity index (χ0n) is 12.0. The number of aliphatic hydroxyl groups is 1. The summed E-state index contributed by atoms with van der Waals surface area (Å²) >= 11 is 0. The zero-order valence-corrected chi connectivity index (χ0v) is 12.0. The van der Waals surface area contributed by atoms with E-state index in [1.807, 2.05) is 24.3 Å². The minimum absolute atomic E-state index is 0.147. The van der Waals surface area contributed by atoms with Crippen LogP contribution in [0.1, 0.15) is 18.3 Å². The molecule has 0 bridgehead atoms. The number of ether oxygens (including phenoxy) is 4. The predicted octanol–water partition coefficient (Wildman–Crippen LogP) is 1.81. The minimum Gasteiger partial charge on any atom is -0.497 e. The van der Waals surface area contributed by atoms with Crippen LogP contribution in [0.15, 0.2) is 36.9 Å². The summed E-state index contributed by atoms with van der Waals surface area (Å²) in [6, 6.07) is 7.50. The van der Waals surface area contributed by atoms with Crippen LogP contribution in [0.25, 0.3) is 0 Å². The maximum absolute atomic E-state index is 10.2. The first-order valence-corrected chi connectivity index (χ1v) is 7.08. The van der Waals surface area contributed by atoms with E-state index in [1.54, 1.807) is 13.2 Å². The Kier molecular flexibility index (Phi) is 4.26. The largest absolute Gasteiger partial charge is 0.497 e. The summed E-state index contributed by atoms with van der Waals surface area (Å²) < 4.78 is 22.5. The maximum atomic E-state index is 10.2. The van der Waals surface area contributed by atoms with Gasteiger partial charge in [-0.05, 0) is 12.1 Å². The van der Waals surface area contributed by atoms with E-state index in [9.17, 15) is 5.11 Å². The summed E-state index contributed by atoms with van der Waals surface area (Å²) in [4.78, 5) is 0. The highest BCUT2D eigenvalue weighted by molar-refractivity contribution is 5.28. The molecule has 1 N–H and O–H groups in total. The Morgan fingerprint density at radius 2 is 2.05 bits per heavy atom. The number of hydrogen-bond acceptors (Lipinski definition) is 5. The van der Waals surface area contributed by atoms with Crippen LogP contribution < -0.4 is 4.74 Å². The van der Waals surface area contributed by atoms with Crippen molar-refractivity contribution in [3.8, 4) is 5.75 Å². The lowest BCUT2D eigenvalue weighted by Gasteiger charge is -2.43. The van der Waals surface area contributed by atoms with Gasteiger partial charge in [-0.3, -0.25) is 0 Å². The summed E-state index contributed by atoms with van der Waals surface area (Å²) in [6.07, 6.45) is 0.362. The van der Waals surface area contributed by atoms with Crippen molar-refractivity contribution >= 4 is 0 Å².